The van der Waals surface area contributed by atoms with Crippen molar-refractivity contribution in [2.24, 2.45) is 0 Å². The highest BCUT2D eigenvalue weighted by atomic mass is 16.3. The maximum Gasteiger partial charge on any atom is 0.143 e. The molecular formula is C40H22O2. The van der Waals surface area contributed by atoms with Crippen molar-refractivity contribution in [3.8, 4) is 22.3 Å². The number of rotatable bonds is 2. The fourth-order valence-corrected chi connectivity index (χ4v) is 5.57. The molecule has 194 valence electrons. The molecule has 2 nitrogen and oxygen atoms in total. The van der Waals surface area contributed by atoms with Gasteiger partial charge in [-0.25, -0.2) is 0 Å². The van der Waals surface area contributed by atoms with Crippen LogP contribution in [0.2, 0.25) is 0 Å². The fourth-order valence-electron chi connectivity index (χ4n) is 5.57. The molecule has 2 heterocycles. The van der Waals surface area contributed by atoms with Crippen molar-refractivity contribution in [1.82, 2.24) is 0 Å². The zero-order valence-electron chi connectivity index (χ0n) is 42.8. The number of benzene rings is 8. The lowest BCUT2D eigenvalue weighted by Crippen LogP contribution is -1.90. The molecule has 0 aliphatic heterocycles. The van der Waals surface area contributed by atoms with E-state index in [9.17, 15) is 11.0 Å². The van der Waals surface area contributed by atoms with Gasteiger partial charge in [-0.05, 0) is 55.5 Å². The van der Waals surface area contributed by atoms with Gasteiger partial charge in [0.1, 0.15) is 22.3 Å². The molecule has 2 heteroatoms. The quantitative estimate of drug-likeness (QED) is 0.198. The topological polar surface area (TPSA) is 26.3 Å². The summed E-state index contributed by atoms with van der Waals surface area (Å²) in [4.78, 5) is 0. The Morgan fingerprint density at radius 3 is 1.26 bits per heavy atom. The van der Waals surface area contributed by atoms with Crippen molar-refractivity contribution in [3.63, 3.8) is 0 Å². The van der Waals surface area contributed by atoms with Crippen molar-refractivity contribution in [3.05, 3.63) is 133 Å². The Hall–Kier alpha value is -5.60. The monoisotopic (exact) mass is 556 g/mol. The van der Waals surface area contributed by atoms with Gasteiger partial charge in [-0.15, -0.1) is 0 Å². The summed E-state index contributed by atoms with van der Waals surface area (Å²) >= 11 is 0. The first kappa shape index (κ1) is 10.0. The smallest absolute Gasteiger partial charge is 0.143 e. The molecule has 0 unspecified atom stereocenters. The zero-order chi connectivity index (χ0) is 46.5. The first-order chi connectivity index (χ1) is 30.0. The molecule has 0 spiro atoms. The molecule has 0 N–H and O–H groups in total. The summed E-state index contributed by atoms with van der Waals surface area (Å²) in [5.74, 6) is 0. The molecule has 42 heavy (non-hydrogen) atoms. The van der Waals surface area contributed by atoms with Crippen LogP contribution in [-0.4, -0.2) is 0 Å². The van der Waals surface area contributed by atoms with Gasteiger partial charge in [-0.2, -0.15) is 0 Å². The highest BCUT2D eigenvalue weighted by molar-refractivity contribution is 6.29. The molecule has 0 radical (unpaired) electrons. The Labute approximate surface area is 271 Å². The van der Waals surface area contributed by atoms with E-state index in [1.165, 1.54) is 0 Å². The number of para-hydroxylation sites is 4. The van der Waals surface area contributed by atoms with E-state index < -0.39 is 199 Å². The predicted molar refractivity (Wildman–Crippen MR) is 176 cm³/mol. The molecule has 0 saturated heterocycles. The van der Waals surface area contributed by atoms with Gasteiger partial charge in [0.25, 0.3) is 0 Å². The van der Waals surface area contributed by atoms with Gasteiger partial charge in [-0.3, -0.25) is 0 Å². The van der Waals surface area contributed by atoms with E-state index in [-0.39, 0.29) is 32.3 Å². The lowest BCUT2D eigenvalue weighted by molar-refractivity contribution is 0.669. The summed E-state index contributed by atoms with van der Waals surface area (Å²) in [6, 6.07) is -16.3. The number of hydrogen-bond donors (Lipinski definition) is 0. The summed E-state index contributed by atoms with van der Waals surface area (Å²) in [7, 11) is 0. The summed E-state index contributed by atoms with van der Waals surface area (Å²) < 4.78 is 208. The van der Waals surface area contributed by atoms with Gasteiger partial charge in [0.15, 0.2) is 0 Å². The van der Waals surface area contributed by atoms with Crippen LogP contribution in [0.4, 0.5) is 0 Å². The third-order valence-electron chi connectivity index (χ3n) is 7.37. The maximum atomic E-state index is 9.41. The highest BCUT2D eigenvalue weighted by Crippen LogP contribution is 2.45. The molecule has 0 saturated carbocycles. The van der Waals surface area contributed by atoms with Crippen LogP contribution in [0, 0.1) is 0 Å². The minimum atomic E-state index is -0.812. The molecular weight excluding hydrogens is 512 g/mol. The largest absolute Gasteiger partial charge is 0.455 e. The van der Waals surface area contributed by atoms with Crippen LogP contribution in [0.1, 0.15) is 30.2 Å². The van der Waals surface area contributed by atoms with Gasteiger partial charge in [-0.1, -0.05) is 121 Å². The van der Waals surface area contributed by atoms with E-state index in [1.807, 2.05) is 0 Å². The second-order valence-electron chi connectivity index (χ2n) is 9.52. The van der Waals surface area contributed by atoms with Crippen molar-refractivity contribution >= 4 is 76.2 Å². The molecule has 0 aliphatic carbocycles. The Morgan fingerprint density at radius 1 is 0.333 bits per heavy atom. The van der Waals surface area contributed by atoms with Gasteiger partial charge < -0.3 is 8.83 Å². The minimum absolute atomic E-state index is 0.317. The molecule has 0 bridgehead atoms. The lowest BCUT2D eigenvalue weighted by Gasteiger charge is -2.16. The first-order valence-electron chi connectivity index (χ1n) is 23.6. The van der Waals surface area contributed by atoms with E-state index in [4.69, 9.17) is 28.0 Å². The molecule has 2 aromatic heterocycles. The summed E-state index contributed by atoms with van der Waals surface area (Å²) in [6.07, 6.45) is 0. The Balaban J connectivity index is 1.48. The van der Waals surface area contributed by atoms with E-state index in [2.05, 4.69) is 0 Å². The molecule has 10 aromatic rings. The van der Waals surface area contributed by atoms with Crippen molar-refractivity contribution in [1.29, 1.82) is 0 Å². The standard InChI is InChI=1S/C40H22O2/c1-3-13-35-27(7-1)33-11-5-9-31(39(33)41-35)25-19-15-23-18-22-30-26(20-16-24-17-21-29(25)37(23)38(24)30)32-10-6-12-34-28-8-2-4-14-36(28)42-40(32)34/h1-22H/i1D,2D,3D,4D,5D,6D,7D,8D,9D,10D,11D,12D,13D,14D,15D,16D,17D,18D,19D,20D,21D,22D. The third kappa shape index (κ3) is 2.83. The van der Waals surface area contributed by atoms with E-state index >= 15 is 0 Å². The molecule has 0 fully saturated rings. The normalized spacial score (nSPS) is 19.6. The first-order valence-corrected chi connectivity index (χ1v) is 12.6. The fraction of sp³-hybridized carbons (Fsp3) is 0. The number of fused-ring (bicyclic) bond motifs is 6. The van der Waals surface area contributed by atoms with Crippen LogP contribution in [-0.2, 0) is 0 Å². The second-order valence-corrected chi connectivity index (χ2v) is 9.52. The maximum absolute atomic E-state index is 9.41. The van der Waals surface area contributed by atoms with Crippen LogP contribution in [0.25, 0.3) is 98.4 Å². The average molecular weight is 557 g/mol. The molecule has 0 aliphatic rings. The Morgan fingerprint density at radius 2 is 0.762 bits per heavy atom. The number of furan rings is 2. The SMILES string of the molecule is [2H]c1c([2H])c([2H])c2c(oc3c(-c4c([2H])c([2H])c5c([2H])c([2H])c6c(-c7c([2H])c([2H])c([2H])c8c7oc7c([2H])c([2H])c([2H])c([2H])c78)c([2H])c([2H])c7c([2H])c([2H])c4c5c76)c([2H])c([2H])c([2H])c32)c1[2H]. The average Bonchev–Trinajstić information content (AvgIpc) is 3.86. The molecule has 0 amide bonds. The van der Waals surface area contributed by atoms with E-state index in [1.54, 1.807) is 0 Å². The second kappa shape index (κ2) is 7.99. The van der Waals surface area contributed by atoms with E-state index in [0.717, 1.165) is 0 Å². The van der Waals surface area contributed by atoms with Gasteiger partial charge >= 0.3 is 0 Å². The van der Waals surface area contributed by atoms with Crippen LogP contribution in [0.5, 0.6) is 0 Å². The van der Waals surface area contributed by atoms with Crippen LogP contribution in [0.15, 0.2) is 142 Å². The molecule has 8 aromatic carbocycles. The predicted octanol–water partition coefficient (Wildman–Crippen LogP) is 11.7. The zero-order valence-corrected chi connectivity index (χ0v) is 20.8. The Bertz CT molecular complexity index is 3670. The van der Waals surface area contributed by atoms with Gasteiger partial charge in [0.05, 0.1) is 30.2 Å². The molecule has 10 rings (SSSR count). The van der Waals surface area contributed by atoms with Crippen LogP contribution in [0.3, 0.4) is 0 Å². The lowest BCUT2D eigenvalue weighted by atomic mass is 9.87. The van der Waals surface area contributed by atoms with Crippen molar-refractivity contribution in [2.45, 2.75) is 0 Å². The van der Waals surface area contributed by atoms with Gasteiger partial charge in [0, 0.05) is 32.7 Å². The Kier molecular flexibility index (Phi) is 1.91. The summed E-state index contributed by atoms with van der Waals surface area (Å²) in [5.41, 5.74) is -4.05. The van der Waals surface area contributed by atoms with E-state index in [0.29, 0.717) is 0 Å². The number of hydrogen-bond acceptors (Lipinski definition) is 2. The van der Waals surface area contributed by atoms with Crippen molar-refractivity contribution < 1.29 is 39.0 Å². The summed E-state index contributed by atoms with van der Waals surface area (Å²) in [6.45, 7) is 0. The summed E-state index contributed by atoms with van der Waals surface area (Å²) in [5, 5.41) is -3.82. The van der Waals surface area contributed by atoms with Crippen molar-refractivity contribution in [2.75, 3.05) is 0 Å². The van der Waals surface area contributed by atoms with Crippen LogP contribution >= 0.6 is 0 Å². The third-order valence-corrected chi connectivity index (χ3v) is 7.37. The van der Waals surface area contributed by atoms with Crippen LogP contribution < -0.4 is 0 Å². The van der Waals surface area contributed by atoms with Gasteiger partial charge in [0.2, 0.25) is 0 Å². The minimum Gasteiger partial charge on any atom is -0.455 e. The molecule has 0 atom stereocenters. The highest BCUT2D eigenvalue weighted by Gasteiger charge is 2.19.